The summed E-state index contributed by atoms with van der Waals surface area (Å²) in [6, 6.07) is 7.47. The molecule has 0 radical (unpaired) electrons. The van der Waals surface area contributed by atoms with Gasteiger partial charge in [0.15, 0.2) is 5.78 Å². The summed E-state index contributed by atoms with van der Waals surface area (Å²) in [6.45, 7) is 1.92. The molecule has 1 aliphatic carbocycles. The molecule has 19 heavy (non-hydrogen) atoms. The molecule has 1 saturated carbocycles. The van der Waals surface area contributed by atoms with Crippen LogP contribution in [0.15, 0.2) is 18.2 Å². The summed E-state index contributed by atoms with van der Waals surface area (Å²) in [5, 5.41) is 8.85. The third kappa shape index (κ3) is 3.67. The van der Waals surface area contributed by atoms with Crippen LogP contribution in [0.25, 0.3) is 0 Å². The molecule has 2 nitrogen and oxygen atoms in total. The van der Waals surface area contributed by atoms with Crippen LogP contribution in [-0.4, -0.2) is 5.78 Å². The second-order valence-corrected chi connectivity index (χ2v) is 5.63. The average Bonchev–Trinajstić information content (AvgIpc) is 2.67. The number of hydrogen-bond acceptors (Lipinski definition) is 2. The van der Waals surface area contributed by atoms with Crippen molar-refractivity contribution in [1.82, 2.24) is 0 Å². The van der Waals surface area contributed by atoms with Gasteiger partial charge in [-0.1, -0.05) is 38.5 Å². The first-order chi connectivity index (χ1) is 9.20. The first-order valence-electron chi connectivity index (χ1n) is 7.24. The van der Waals surface area contributed by atoms with Crippen molar-refractivity contribution in [2.75, 3.05) is 0 Å². The molecule has 1 fully saturated rings. The van der Waals surface area contributed by atoms with E-state index in [0.717, 1.165) is 11.1 Å². The summed E-state index contributed by atoms with van der Waals surface area (Å²) in [7, 11) is 0. The number of carbonyl (C=O) groups is 1. The lowest BCUT2D eigenvalue weighted by Crippen LogP contribution is -2.09. The zero-order chi connectivity index (χ0) is 13.7. The third-order valence-electron chi connectivity index (χ3n) is 4.10. The SMILES string of the molecule is Cc1cc(C#N)ccc1C(=O)CC1CCCCCC1. The highest BCUT2D eigenvalue weighted by molar-refractivity contribution is 5.97. The fourth-order valence-electron chi connectivity index (χ4n) is 2.99. The molecule has 0 aliphatic heterocycles. The molecule has 0 heterocycles. The van der Waals surface area contributed by atoms with Gasteiger partial charge in [0, 0.05) is 12.0 Å². The summed E-state index contributed by atoms with van der Waals surface area (Å²) in [4.78, 5) is 12.4. The van der Waals surface area contributed by atoms with Crippen molar-refractivity contribution in [2.24, 2.45) is 5.92 Å². The maximum absolute atomic E-state index is 12.4. The number of rotatable bonds is 3. The number of benzene rings is 1. The van der Waals surface area contributed by atoms with Gasteiger partial charge in [0.25, 0.3) is 0 Å². The van der Waals surface area contributed by atoms with Crippen LogP contribution in [0, 0.1) is 24.2 Å². The average molecular weight is 255 g/mol. The second-order valence-electron chi connectivity index (χ2n) is 5.63. The molecule has 1 aromatic rings. The van der Waals surface area contributed by atoms with E-state index in [2.05, 4.69) is 6.07 Å². The van der Waals surface area contributed by atoms with Crippen LogP contribution < -0.4 is 0 Å². The van der Waals surface area contributed by atoms with Crippen molar-refractivity contribution in [3.8, 4) is 6.07 Å². The highest BCUT2D eigenvalue weighted by Gasteiger charge is 2.18. The Bertz CT molecular complexity index is 490. The highest BCUT2D eigenvalue weighted by Crippen LogP contribution is 2.27. The lowest BCUT2D eigenvalue weighted by Gasteiger charge is -2.13. The van der Waals surface area contributed by atoms with E-state index in [1.807, 2.05) is 13.0 Å². The van der Waals surface area contributed by atoms with Gasteiger partial charge >= 0.3 is 0 Å². The monoisotopic (exact) mass is 255 g/mol. The Kier molecular flexibility index (Phi) is 4.74. The van der Waals surface area contributed by atoms with Gasteiger partial charge in [0.1, 0.15) is 0 Å². The molecule has 0 N–H and O–H groups in total. The van der Waals surface area contributed by atoms with Crippen LogP contribution in [0.1, 0.15) is 66.4 Å². The minimum absolute atomic E-state index is 0.244. The van der Waals surface area contributed by atoms with Crippen molar-refractivity contribution >= 4 is 5.78 Å². The lowest BCUT2D eigenvalue weighted by molar-refractivity contribution is 0.0956. The highest BCUT2D eigenvalue weighted by atomic mass is 16.1. The van der Waals surface area contributed by atoms with Crippen LogP contribution in [0.5, 0.6) is 0 Å². The molecule has 0 amide bonds. The van der Waals surface area contributed by atoms with Crippen molar-refractivity contribution in [2.45, 2.75) is 51.9 Å². The van der Waals surface area contributed by atoms with Gasteiger partial charge in [-0.2, -0.15) is 5.26 Å². The van der Waals surface area contributed by atoms with Crippen LogP contribution in [0.4, 0.5) is 0 Å². The number of nitriles is 1. The van der Waals surface area contributed by atoms with Gasteiger partial charge in [-0.15, -0.1) is 0 Å². The molecule has 2 heteroatoms. The summed E-state index contributed by atoms with van der Waals surface area (Å²) in [5.74, 6) is 0.805. The number of nitrogens with zero attached hydrogens (tertiary/aromatic N) is 1. The predicted molar refractivity (Wildman–Crippen MR) is 76.0 cm³/mol. The Labute approximate surface area is 115 Å². The van der Waals surface area contributed by atoms with E-state index < -0.39 is 0 Å². The Morgan fingerprint density at radius 1 is 1.26 bits per heavy atom. The van der Waals surface area contributed by atoms with E-state index in [1.54, 1.807) is 12.1 Å². The van der Waals surface area contributed by atoms with E-state index in [0.29, 0.717) is 17.9 Å². The zero-order valence-electron chi connectivity index (χ0n) is 11.6. The molecular formula is C17H21NO. The molecule has 0 aromatic heterocycles. The Morgan fingerprint density at radius 3 is 2.53 bits per heavy atom. The van der Waals surface area contributed by atoms with E-state index in [4.69, 9.17) is 5.26 Å². The molecule has 1 aromatic carbocycles. The molecule has 0 unspecified atom stereocenters. The van der Waals surface area contributed by atoms with Gasteiger partial charge in [-0.05, 0) is 36.6 Å². The number of ketones is 1. The molecular weight excluding hydrogens is 234 g/mol. The van der Waals surface area contributed by atoms with E-state index in [-0.39, 0.29) is 5.78 Å². The maximum atomic E-state index is 12.4. The van der Waals surface area contributed by atoms with Crippen LogP contribution in [-0.2, 0) is 0 Å². The summed E-state index contributed by atoms with van der Waals surface area (Å²) >= 11 is 0. The van der Waals surface area contributed by atoms with Crippen molar-refractivity contribution < 1.29 is 4.79 Å². The minimum atomic E-state index is 0.244. The molecule has 100 valence electrons. The number of hydrogen-bond donors (Lipinski definition) is 0. The normalized spacial score (nSPS) is 16.6. The third-order valence-corrected chi connectivity index (χ3v) is 4.10. The van der Waals surface area contributed by atoms with Gasteiger partial charge in [-0.25, -0.2) is 0 Å². The first kappa shape index (κ1) is 13.8. The lowest BCUT2D eigenvalue weighted by atomic mass is 9.90. The minimum Gasteiger partial charge on any atom is -0.294 e. The predicted octanol–water partition coefficient (Wildman–Crippen LogP) is 4.41. The van der Waals surface area contributed by atoms with E-state index in [1.165, 1.54) is 38.5 Å². The van der Waals surface area contributed by atoms with Crippen LogP contribution in [0.2, 0.25) is 0 Å². The van der Waals surface area contributed by atoms with Crippen molar-refractivity contribution in [3.05, 3.63) is 34.9 Å². The van der Waals surface area contributed by atoms with E-state index >= 15 is 0 Å². The Balaban J connectivity index is 2.05. The summed E-state index contributed by atoms with van der Waals surface area (Å²) in [5.41, 5.74) is 2.35. The molecule has 0 bridgehead atoms. The van der Waals surface area contributed by atoms with E-state index in [9.17, 15) is 4.79 Å². The topological polar surface area (TPSA) is 40.9 Å². The zero-order valence-corrected chi connectivity index (χ0v) is 11.6. The van der Waals surface area contributed by atoms with Gasteiger partial charge in [0.05, 0.1) is 11.6 Å². The molecule has 0 spiro atoms. The molecule has 1 aliphatic rings. The maximum Gasteiger partial charge on any atom is 0.163 e. The van der Waals surface area contributed by atoms with Crippen LogP contribution in [0.3, 0.4) is 0 Å². The van der Waals surface area contributed by atoms with Gasteiger partial charge in [0.2, 0.25) is 0 Å². The molecule has 2 rings (SSSR count). The Morgan fingerprint density at radius 2 is 1.95 bits per heavy atom. The molecule has 0 atom stereocenters. The molecule has 0 saturated heterocycles. The fourth-order valence-corrected chi connectivity index (χ4v) is 2.99. The first-order valence-corrected chi connectivity index (χ1v) is 7.24. The van der Waals surface area contributed by atoms with Crippen LogP contribution >= 0.6 is 0 Å². The number of carbonyl (C=O) groups excluding carboxylic acids is 1. The van der Waals surface area contributed by atoms with Crippen molar-refractivity contribution in [1.29, 1.82) is 5.26 Å². The van der Waals surface area contributed by atoms with Gasteiger partial charge in [-0.3, -0.25) is 4.79 Å². The van der Waals surface area contributed by atoms with Gasteiger partial charge < -0.3 is 0 Å². The smallest absolute Gasteiger partial charge is 0.163 e. The van der Waals surface area contributed by atoms with Crippen molar-refractivity contribution in [3.63, 3.8) is 0 Å². The largest absolute Gasteiger partial charge is 0.294 e. The second kappa shape index (κ2) is 6.52. The number of aryl methyl sites for hydroxylation is 1. The standard InChI is InChI=1S/C17H21NO/c1-13-10-15(12-18)8-9-16(13)17(19)11-14-6-4-2-3-5-7-14/h8-10,14H,2-7,11H2,1H3. The number of Topliss-reactive ketones (excluding diaryl/α,β-unsaturated/α-hetero) is 1. The Hall–Kier alpha value is -1.62. The summed E-state index contributed by atoms with van der Waals surface area (Å²) in [6.07, 6.45) is 8.24. The fraction of sp³-hybridized carbons (Fsp3) is 0.529. The summed E-state index contributed by atoms with van der Waals surface area (Å²) < 4.78 is 0. The quantitative estimate of drug-likeness (QED) is 0.593.